The maximum atomic E-state index is 11.4. The summed E-state index contributed by atoms with van der Waals surface area (Å²) in [5.41, 5.74) is 1.55. The molecule has 0 atom stereocenters. The molecule has 1 aliphatic heterocycles. The first-order valence-corrected chi connectivity index (χ1v) is 7.33. The van der Waals surface area contributed by atoms with Gasteiger partial charge in [-0.25, -0.2) is 4.79 Å². The van der Waals surface area contributed by atoms with Crippen molar-refractivity contribution in [2.75, 3.05) is 5.75 Å². The van der Waals surface area contributed by atoms with Crippen LogP contribution in [0.3, 0.4) is 0 Å². The molecular formula is C12H11NO2S2. The van der Waals surface area contributed by atoms with Crippen molar-refractivity contribution in [3.8, 4) is 5.00 Å². The fourth-order valence-electron chi connectivity index (χ4n) is 2.09. The van der Waals surface area contributed by atoms with E-state index in [1.165, 1.54) is 4.88 Å². The molecule has 0 amide bonds. The van der Waals surface area contributed by atoms with Gasteiger partial charge in [0.2, 0.25) is 0 Å². The Kier molecular flexibility index (Phi) is 2.72. The number of aromatic nitrogens is 1. The predicted octanol–water partition coefficient (Wildman–Crippen LogP) is 3.03. The van der Waals surface area contributed by atoms with Gasteiger partial charge in [-0.2, -0.15) is 11.8 Å². The second-order valence-electron chi connectivity index (χ2n) is 3.88. The minimum atomic E-state index is -0.807. The van der Waals surface area contributed by atoms with Gasteiger partial charge in [0.25, 0.3) is 0 Å². The molecule has 0 spiro atoms. The van der Waals surface area contributed by atoms with Gasteiger partial charge < -0.3 is 9.67 Å². The third-order valence-electron chi connectivity index (χ3n) is 2.85. The second-order valence-corrected chi connectivity index (χ2v) is 6.07. The Bertz CT molecular complexity index is 557. The lowest BCUT2D eigenvalue weighted by Gasteiger charge is -2.10. The fraction of sp³-hybridized carbons (Fsp3) is 0.250. The molecular weight excluding hydrogens is 254 g/mol. The molecule has 1 aliphatic rings. The Morgan fingerprint density at radius 3 is 2.82 bits per heavy atom. The van der Waals surface area contributed by atoms with E-state index in [4.69, 9.17) is 0 Å². The standard InChI is InChI=1S/C12H11NO2S2/c14-12(15)10-8-3-6-16-7-9(8)17-11(10)13-4-1-2-5-13/h1-2,4-5H,3,6-7H2,(H,14,15). The van der Waals surface area contributed by atoms with Gasteiger partial charge in [0.15, 0.2) is 0 Å². The number of carboxylic acids is 1. The van der Waals surface area contributed by atoms with Crippen LogP contribution in [0.4, 0.5) is 0 Å². The van der Waals surface area contributed by atoms with Gasteiger partial charge in [0, 0.05) is 23.0 Å². The number of hydrogen-bond acceptors (Lipinski definition) is 3. The van der Waals surface area contributed by atoms with Crippen LogP contribution in [0.2, 0.25) is 0 Å². The Hall–Kier alpha value is -1.20. The van der Waals surface area contributed by atoms with Gasteiger partial charge in [0.05, 0.1) is 5.56 Å². The number of thioether (sulfide) groups is 1. The first-order chi connectivity index (χ1) is 8.27. The monoisotopic (exact) mass is 265 g/mol. The molecule has 1 N–H and O–H groups in total. The fourth-order valence-corrected chi connectivity index (χ4v) is 4.53. The van der Waals surface area contributed by atoms with Crippen molar-refractivity contribution in [3.05, 3.63) is 40.5 Å². The van der Waals surface area contributed by atoms with Crippen LogP contribution in [0.15, 0.2) is 24.5 Å². The molecule has 0 fully saturated rings. The summed E-state index contributed by atoms with van der Waals surface area (Å²) in [6, 6.07) is 3.83. The van der Waals surface area contributed by atoms with Crippen LogP contribution >= 0.6 is 23.1 Å². The van der Waals surface area contributed by atoms with Gasteiger partial charge in [-0.1, -0.05) is 0 Å². The zero-order chi connectivity index (χ0) is 11.8. The Balaban J connectivity index is 2.21. The van der Waals surface area contributed by atoms with Gasteiger partial charge in [-0.3, -0.25) is 0 Å². The molecule has 0 aromatic carbocycles. The van der Waals surface area contributed by atoms with Crippen molar-refractivity contribution >= 4 is 29.1 Å². The smallest absolute Gasteiger partial charge is 0.339 e. The number of fused-ring (bicyclic) bond motifs is 1. The minimum Gasteiger partial charge on any atom is -0.478 e. The van der Waals surface area contributed by atoms with Crippen LogP contribution in [0.25, 0.3) is 5.00 Å². The van der Waals surface area contributed by atoms with Gasteiger partial charge in [-0.05, 0) is 29.9 Å². The topological polar surface area (TPSA) is 42.2 Å². The van der Waals surface area contributed by atoms with Crippen molar-refractivity contribution in [1.29, 1.82) is 0 Å². The number of rotatable bonds is 2. The molecule has 0 saturated carbocycles. The molecule has 3 heterocycles. The van der Waals surface area contributed by atoms with E-state index in [-0.39, 0.29) is 0 Å². The predicted molar refractivity (Wildman–Crippen MR) is 70.5 cm³/mol. The van der Waals surface area contributed by atoms with Crippen molar-refractivity contribution < 1.29 is 9.90 Å². The van der Waals surface area contributed by atoms with Crippen molar-refractivity contribution in [2.45, 2.75) is 12.2 Å². The highest BCUT2D eigenvalue weighted by atomic mass is 32.2. The van der Waals surface area contributed by atoms with Crippen LogP contribution in [-0.2, 0) is 12.2 Å². The second kappa shape index (κ2) is 4.23. The third kappa shape index (κ3) is 1.79. The van der Waals surface area contributed by atoms with Crippen LogP contribution in [-0.4, -0.2) is 21.4 Å². The zero-order valence-electron chi connectivity index (χ0n) is 9.05. The molecule has 5 heteroatoms. The van der Waals surface area contributed by atoms with Crippen molar-refractivity contribution in [1.82, 2.24) is 4.57 Å². The SMILES string of the molecule is O=C(O)c1c(-n2cccc2)sc2c1CCSC2. The Morgan fingerprint density at radius 1 is 1.35 bits per heavy atom. The maximum Gasteiger partial charge on any atom is 0.339 e. The van der Waals surface area contributed by atoms with E-state index in [1.807, 2.05) is 40.9 Å². The lowest BCUT2D eigenvalue weighted by Crippen LogP contribution is -2.07. The molecule has 0 radical (unpaired) electrons. The number of carbonyl (C=O) groups is 1. The highest BCUT2D eigenvalue weighted by Crippen LogP contribution is 2.38. The number of thiophene rings is 1. The van der Waals surface area contributed by atoms with Crippen LogP contribution < -0.4 is 0 Å². The number of hydrogen-bond donors (Lipinski definition) is 1. The van der Waals surface area contributed by atoms with E-state index in [9.17, 15) is 9.90 Å². The third-order valence-corrected chi connectivity index (χ3v) is 5.27. The number of nitrogens with zero attached hydrogens (tertiary/aromatic N) is 1. The Labute approximate surface area is 107 Å². The normalized spacial score (nSPS) is 14.6. The average molecular weight is 265 g/mol. The van der Waals surface area contributed by atoms with E-state index in [2.05, 4.69) is 0 Å². The summed E-state index contributed by atoms with van der Waals surface area (Å²) >= 11 is 3.49. The first-order valence-electron chi connectivity index (χ1n) is 5.36. The van der Waals surface area contributed by atoms with E-state index in [0.717, 1.165) is 28.5 Å². The molecule has 3 rings (SSSR count). The van der Waals surface area contributed by atoms with Crippen LogP contribution in [0, 0.1) is 0 Å². The average Bonchev–Trinajstić information content (AvgIpc) is 2.95. The van der Waals surface area contributed by atoms with E-state index < -0.39 is 5.97 Å². The molecule has 17 heavy (non-hydrogen) atoms. The molecule has 3 nitrogen and oxygen atoms in total. The van der Waals surface area contributed by atoms with Crippen LogP contribution in [0.1, 0.15) is 20.8 Å². The lowest BCUT2D eigenvalue weighted by atomic mass is 10.1. The molecule has 88 valence electrons. The van der Waals surface area contributed by atoms with Crippen molar-refractivity contribution in [2.24, 2.45) is 0 Å². The van der Waals surface area contributed by atoms with E-state index >= 15 is 0 Å². The highest BCUT2D eigenvalue weighted by Gasteiger charge is 2.25. The summed E-state index contributed by atoms with van der Waals surface area (Å²) in [4.78, 5) is 12.7. The van der Waals surface area contributed by atoms with Crippen LogP contribution in [0.5, 0.6) is 0 Å². The number of carboxylic acid groups (broad SMARTS) is 1. The molecule has 2 aromatic heterocycles. The number of aromatic carboxylic acids is 1. The summed E-state index contributed by atoms with van der Waals surface area (Å²) in [6.07, 6.45) is 4.67. The first kappa shape index (κ1) is 10.9. The maximum absolute atomic E-state index is 11.4. The largest absolute Gasteiger partial charge is 0.478 e. The molecule has 0 unspecified atom stereocenters. The minimum absolute atomic E-state index is 0.501. The van der Waals surface area contributed by atoms with Crippen molar-refractivity contribution in [3.63, 3.8) is 0 Å². The van der Waals surface area contributed by atoms with Gasteiger partial charge >= 0.3 is 5.97 Å². The summed E-state index contributed by atoms with van der Waals surface area (Å²) in [7, 11) is 0. The van der Waals surface area contributed by atoms with Gasteiger partial charge in [-0.15, -0.1) is 11.3 Å². The van der Waals surface area contributed by atoms with E-state index in [0.29, 0.717) is 5.56 Å². The summed E-state index contributed by atoms with van der Waals surface area (Å²) in [5.74, 6) is 1.16. The summed E-state index contributed by atoms with van der Waals surface area (Å²) in [6.45, 7) is 0. The quantitative estimate of drug-likeness (QED) is 0.907. The molecule has 0 saturated heterocycles. The Morgan fingerprint density at radius 2 is 2.12 bits per heavy atom. The zero-order valence-corrected chi connectivity index (χ0v) is 10.7. The lowest BCUT2D eigenvalue weighted by molar-refractivity contribution is 0.0696. The summed E-state index contributed by atoms with van der Waals surface area (Å²) < 4.78 is 1.90. The highest BCUT2D eigenvalue weighted by molar-refractivity contribution is 7.98. The molecule has 0 aliphatic carbocycles. The van der Waals surface area contributed by atoms with E-state index in [1.54, 1.807) is 11.3 Å². The summed E-state index contributed by atoms with van der Waals surface area (Å²) in [5, 5.41) is 10.2. The molecule has 2 aromatic rings. The molecule has 0 bridgehead atoms. The van der Waals surface area contributed by atoms with Gasteiger partial charge in [0.1, 0.15) is 5.00 Å².